The van der Waals surface area contributed by atoms with Gasteiger partial charge in [-0.05, 0) is 18.2 Å². The predicted octanol–water partition coefficient (Wildman–Crippen LogP) is 3.08. The van der Waals surface area contributed by atoms with E-state index in [-0.39, 0.29) is 22.4 Å². The topological polar surface area (TPSA) is 89.3 Å². The Bertz CT molecular complexity index is 722. The molecule has 8 heteroatoms. The quantitative estimate of drug-likeness (QED) is 0.744. The number of halogens is 2. The summed E-state index contributed by atoms with van der Waals surface area (Å²) in [4.78, 5) is 15.9. The minimum atomic E-state index is -0.384. The van der Waals surface area contributed by atoms with Crippen LogP contribution in [0.5, 0.6) is 5.75 Å². The van der Waals surface area contributed by atoms with Gasteiger partial charge in [0.05, 0.1) is 23.5 Å². The van der Waals surface area contributed by atoms with Crippen LogP contribution >= 0.6 is 23.2 Å². The molecule has 0 unspecified atom stereocenters. The number of benzene rings is 1. The van der Waals surface area contributed by atoms with Crippen molar-refractivity contribution >= 4 is 46.3 Å². The average molecular weight is 341 g/mol. The van der Waals surface area contributed by atoms with Crippen LogP contribution in [0.25, 0.3) is 0 Å². The number of hydrogen-bond acceptors (Lipinski definition) is 5. The molecule has 4 N–H and O–H groups in total. The summed E-state index contributed by atoms with van der Waals surface area (Å²) in [6, 6.07) is 6.70. The molecule has 0 saturated heterocycles. The number of hydrogen-bond donors (Lipinski definition) is 3. The molecule has 0 saturated carbocycles. The van der Waals surface area contributed by atoms with Crippen LogP contribution in [0.1, 0.15) is 10.4 Å². The number of ether oxygens (including phenoxy) is 1. The molecule has 0 fully saturated rings. The minimum Gasteiger partial charge on any atom is -0.493 e. The third-order valence-corrected chi connectivity index (χ3v) is 3.40. The zero-order chi connectivity index (χ0) is 16.3. The van der Waals surface area contributed by atoms with Crippen molar-refractivity contribution < 1.29 is 9.53 Å². The molecular weight excluding hydrogens is 327 g/mol. The molecule has 1 aromatic carbocycles. The standard InChI is InChI=1S/C14H14Cl2N4O2/c1-18-14(21)11-9(6-10(16)20-13(11)17)19-8-5-3-4-7(15)12(8)22-2/h3-6H,1-2H3,(H,18,21)(H3,17,19,20). The molecule has 1 aromatic heterocycles. The fourth-order valence-corrected chi connectivity index (χ4v) is 2.41. The highest BCUT2D eigenvalue weighted by atomic mass is 35.5. The highest BCUT2D eigenvalue weighted by Gasteiger charge is 2.18. The summed E-state index contributed by atoms with van der Waals surface area (Å²) in [5.74, 6) is 0.0824. The molecular formula is C14H14Cl2N4O2. The van der Waals surface area contributed by atoms with E-state index in [1.54, 1.807) is 18.2 Å². The van der Waals surface area contributed by atoms with Crippen molar-refractivity contribution in [2.45, 2.75) is 0 Å². The second-order valence-electron chi connectivity index (χ2n) is 4.28. The molecule has 0 atom stereocenters. The maximum Gasteiger partial charge on any atom is 0.256 e. The largest absolute Gasteiger partial charge is 0.493 e. The molecule has 1 amide bonds. The minimum absolute atomic E-state index is 0.0235. The number of nitrogens with zero attached hydrogens (tertiary/aromatic N) is 1. The molecule has 0 aliphatic carbocycles. The Morgan fingerprint density at radius 3 is 2.68 bits per heavy atom. The number of carbonyl (C=O) groups excluding carboxylic acids is 1. The highest BCUT2D eigenvalue weighted by molar-refractivity contribution is 6.32. The first-order valence-electron chi connectivity index (χ1n) is 6.25. The lowest BCUT2D eigenvalue weighted by molar-refractivity contribution is 0.0964. The maximum atomic E-state index is 12.0. The summed E-state index contributed by atoms with van der Waals surface area (Å²) in [7, 11) is 3.00. The summed E-state index contributed by atoms with van der Waals surface area (Å²) >= 11 is 12.0. The molecule has 0 radical (unpaired) electrons. The van der Waals surface area contributed by atoms with E-state index in [2.05, 4.69) is 15.6 Å². The Hall–Kier alpha value is -2.18. The highest BCUT2D eigenvalue weighted by Crippen LogP contribution is 2.36. The number of amides is 1. The Balaban J connectivity index is 2.54. The van der Waals surface area contributed by atoms with Crippen molar-refractivity contribution in [3.05, 3.63) is 40.0 Å². The smallest absolute Gasteiger partial charge is 0.256 e. The molecule has 0 spiro atoms. The van der Waals surface area contributed by atoms with Crippen LogP contribution in [0.15, 0.2) is 24.3 Å². The number of rotatable bonds is 4. The molecule has 0 aliphatic rings. The Morgan fingerprint density at radius 1 is 1.32 bits per heavy atom. The fraction of sp³-hybridized carbons (Fsp3) is 0.143. The number of nitrogen functional groups attached to an aromatic ring is 1. The van der Waals surface area contributed by atoms with Crippen molar-refractivity contribution in [2.75, 3.05) is 25.2 Å². The number of nitrogens with two attached hydrogens (primary N) is 1. The van der Waals surface area contributed by atoms with Gasteiger partial charge in [-0.25, -0.2) is 4.98 Å². The normalized spacial score (nSPS) is 10.2. The van der Waals surface area contributed by atoms with Crippen LogP contribution in [-0.4, -0.2) is 25.0 Å². The van der Waals surface area contributed by atoms with E-state index >= 15 is 0 Å². The van der Waals surface area contributed by atoms with Crippen LogP contribution in [0.2, 0.25) is 10.2 Å². The third-order valence-electron chi connectivity index (χ3n) is 2.91. The van der Waals surface area contributed by atoms with Crippen LogP contribution in [0.4, 0.5) is 17.2 Å². The monoisotopic (exact) mass is 340 g/mol. The number of aromatic nitrogens is 1. The molecule has 6 nitrogen and oxygen atoms in total. The summed E-state index contributed by atoms with van der Waals surface area (Å²) in [5, 5.41) is 6.16. The van der Waals surface area contributed by atoms with Crippen molar-refractivity contribution in [3.8, 4) is 5.75 Å². The lowest BCUT2D eigenvalue weighted by Gasteiger charge is -2.16. The van der Waals surface area contributed by atoms with E-state index in [1.165, 1.54) is 20.2 Å². The summed E-state index contributed by atoms with van der Waals surface area (Å²) in [6.45, 7) is 0. The van der Waals surface area contributed by atoms with Gasteiger partial charge in [0.1, 0.15) is 16.5 Å². The number of methoxy groups -OCH3 is 1. The first-order chi connectivity index (χ1) is 10.5. The zero-order valence-corrected chi connectivity index (χ0v) is 13.4. The van der Waals surface area contributed by atoms with Gasteiger partial charge < -0.3 is 21.1 Å². The molecule has 0 aliphatic heterocycles. The van der Waals surface area contributed by atoms with Gasteiger partial charge in [-0.15, -0.1) is 0 Å². The molecule has 0 bridgehead atoms. The van der Waals surface area contributed by atoms with Gasteiger partial charge in [0, 0.05) is 7.05 Å². The van der Waals surface area contributed by atoms with Crippen LogP contribution in [0.3, 0.4) is 0 Å². The van der Waals surface area contributed by atoms with Crippen LogP contribution in [0, 0.1) is 0 Å². The van der Waals surface area contributed by atoms with Gasteiger partial charge in [0.25, 0.3) is 5.91 Å². The van der Waals surface area contributed by atoms with Crippen LogP contribution < -0.4 is 21.1 Å². The molecule has 22 heavy (non-hydrogen) atoms. The van der Waals surface area contributed by atoms with Crippen molar-refractivity contribution in [3.63, 3.8) is 0 Å². The van der Waals surface area contributed by atoms with Gasteiger partial charge in [-0.1, -0.05) is 29.3 Å². The Labute approximate surface area is 137 Å². The van der Waals surface area contributed by atoms with E-state index in [9.17, 15) is 4.79 Å². The number of carbonyl (C=O) groups is 1. The molecule has 2 aromatic rings. The number of pyridine rings is 1. The number of anilines is 3. The lowest BCUT2D eigenvalue weighted by atomic mass is 10.1. The van der Waals surface area contributed by atoms with Crippen molar-refractivity contribution in [1.29, 1.82) is 0 Å². The van der Waals surface area contributed by atoms with E-state index in [4.69, 9.17) is 33.7 Å². The molecule has 1 heterocycles. The van der Waals surface area contributed by atoms with Gasteiger partial charge in [0.15, 0.2) is 5.75 Å². The second-order valence-corrected chi connectivity index (χ2v) is 5.07. The first-order valence-corrected chi connectivity index (χ1v) is 7.01. The first kappa shape index (κ1) is 16.2. The van der Waals surface area contributed by atoms with Gasteiger partial charge >= 0.3 is 0 Å². The SMILES string of the molecule is CNC(=O)c1c(Nc2cccc(Cl)c2OC)cc(Cl)nc1N. The Kier molecular flexibility index (Phi) is 4.95. The molecule has 116 valence electrons. The van der Waals surface area contributed by atoms with Crippen molar-refractivity contribution in [1.82, 2.24) is 10.3 Å². The van der Waals surface area contributed by atoms with Gasteiger partial charge in [-0.2, -0.15) is 0 Å². The predicted molar refractivity (Wildman–Crippen MR) is 88.3 cm³/mol. The zero-order valence-electron chi connectivity index (χ0n) is 11.9. The van der Waals surface area contributed by atoms with E-state index in [1.807, 2.05) is 0 Å². The number of para-hydroxylation sites is 1. The summed E-state index contributed by atoms with van der Waals surface area (Å²) in [5.41, 5.74) is 6.96. The van der Waals surface area contributed by atoms with Crippen molar-refractivity contribution in [2.24, 2.45) is 0 Å². The fourth-order valence-electron chi connectivity index (χ4n) is 1.95. The summed E-state index contributed by atoms with van der Waals surface area (Å²) in [6.07, 6.45) is 0. The summed E-state index contributed by atoms with van der Waals surface area (Å²) < 4.78 is 5.26. The Morgan fingerprint density at radius 2 is 2.05 bits per heavy atom. The average Bonchev–Trinajstić information content (AvgIpc) is 2.46. The second kappa shape index (κ2) is 6.72. The molecule has 2 rings (SSSR count). The maximum absolute atomic E-state index is 12.0. The van der Waals surface area contributed by atoms with E-state index in [0.717, 1.165) is 0 Å². The number of nitrogens with one attached hydrogen (secondary N) is 2. The van der Waals surface area contributed by atoms with E-state index in [0.29, 0.717) is 22.1 Å². The van der Waals surface area contributed by atoms with Crippen LogP contribution in [-0.2, 0) is 0 Å². The lowest BCUT2D eigenvalue weighted by Crippen LogP contribution is -2.21. The van der Waals surface area contributed by atoms with Gasteiger partial charge in [-0.3, -0.25) is 4.79 Å². The van der Waals surface area contributed by atoms with E-state index < -0.39 is 0 Å². The third kappa shape index (κ3) is 3.18. The van der Waals surface area contributed by atoms with Gasteiger partial charge in [0.2, 0.25) is 0 Å².